The zero-order valence-corrected chi connectivity index (χ0v) is 16.0. The van der Waals surface area contributed by atoms with Crippen LogP contribution in [-0.4, -0.2) is 50.5 Å². The molecule has 9 nitrogen and oxygen atoms in total. The summed E-state index contributed by atoms with van der Waals surface area (Å²) in [6.07, 6.45) is 4.95. The molecule has 0 unspecified atom stereocenters. The average molecular weight is 401 g/mol. The summed E-state index contributed by atoms with van der Waals surface area (Å²) in [4.78, 5) is 27.4. The monoisotopic (exact) mass is 401 g/mol. The van der Waals surface area contributed by atoms with Crippen molar-refractivity contribution in [1.29, 1.82) is 0 Å². The Morgan fingerprint density at radius 3 is 2.79 bits per heavy atom. The number of furan rings is 1. The second-order valence-corrected chi connectivity index (χ2v) is 6.52. The van der Waals surface area contributed by atoms with E-state index in [1.54, 1.807) is 31.6 Å². The van der Waals surface area contributed by atoms with E-state index in [1.807, 2.05) is 22.8 Å². The summed E-state index contributed by atoms with van der Waals surface area (Å²) in [5, 5.41) is 11.6. The van der Waals surface area contributed by atoms with Gasteiger partial charge in [-0.15, -0.1) is 10.2 Å². The number of hydrogen-bond acceptors (Lipinski definition) is 8. The Bertz CT molecular complexity index is 911. The van der Waals surface area contributed by atoms with Crippen LogP contribution in [-0.2, 0) is 20.9 Å². The Balaban J connectivity index is 1.71. The zero-order valence-electron chi connectivity index (χ0n) is 15.2. The number of thioether (sulfide) groups is 1. The number of aromatic nitrogens is 4. The van der Waals surface area contributed by atoms with E-state index >= 15 is 0 Å². The highest BCUT2D eigenvalue weighted by molar-refractivity contribution is 7.99. The number of amides is 1. The normalized spacial score (nSPS) is 10.6. The first-order valence-electron chi connectivity index (χ1n) is 8.58. The van der Waals surface area contributed by atoms with Gasteiger partial charge >= 0.3 is 5.97 Å². The van der Waals surface area contributed by atoms with Crippen LogP contribution in [0.25, 0.3) is 11.4 Å². The molecule has 0 spiro atoms. The third-order valence-corrected chi connectivity index (χ3v) is 4.58. The van der Waals surface area contributed by atoms with E-state index in [0.29, 0.717) is 17.5 Å². The highest BCUT2D eigenvalue weighted by atomic mass is 32.2. The molecule has 3 aromatic heterocycles. The van der Waals surface area contributed by atoms with Gasteiger partial charge in [-0.1, -0.05) is 11.8 Å². The van der Waals surface area contributed by atoms with Crippen molar-refractivity contribution in [3.05, 3.63) is 48.7 Å². The molecule has 0 fully saturated rings. The third-order valence-electron chi connectivity index (χ3n) is 3.62. The van der Waals surface area contributed by atoms with Gasteiger partial charge in [-0.25, -0.2) is 0 Å². The molecule has 0 aromatic carbocycles. The van der Waals surface area contributed by atoms with Crippen LogP contribution in [0.3, 0.4) is 0 Å². The van der Waals surface area contributed by atoms with E-state index in [-0.39, 0.29) is 24.8 Å². The lowest BCUT2D eigenvalue weighted by molar-refractivity contribution is -0.143. The lowest BCUT2D eigenvalue weighted by Crippen LogP contribution is -2.31. The van der Waals surface area contributed by atoms with Gasteiger partial charge in [0, 0.05) is 18.0 Å². The summed E-state index contributed by atoms with van der Waals surface area (Å²) < 4.78 is 12.1. The van der Waals surface area contributed by atoms with Gasteiger partial charge in [0.05, 0.1) is 25.2 Å². The van der Waals surface area contributed by atoms with E-state index in [9.17, 15) is 9.59 Å². The fourth-order valence-corrected chi connectivity index (χ4v) is 3.14. The molecule has 3 rings (SSSR count). The summed E-state index contributed by atoms with van der Waals surface area (Å²) >= 11 is 1.23. The van der Waals surface area contributed by atoms with Gasteiger partial charge in [0.15, 0.2) is 11.0 Å². The second kappa shape index (κ2) is 9.70. The van der Waals surface area contributed by atoms with Crippen LogP contribution < -0.4 is 5.32 Å². The molecule has 28 heavy (non-hydrogen) atoms. The molecule has 0 aliphatic rings. The maximum absolute atomic E-state index is 12.0. The van der Waals surface area contributed by atoms with Crippen molar-refractivity contribution in [2.45, 2.75) is 18.6 Å². The standard InChI is InChI=1S/C18H19N5O4S/c1-2-26-16(25)10-20-15(24)12-28-18-22-21-17(13-5-7-19-8-6-13)23(18)11-14-4-3-9-27-14/h3-9H,2,10-12H2,1H3,(H,20,24). The molecule has 0 bridgehead atoms. The number of rotatable bonds is 9. The fourth-order valence-electron chi connectivity index (χ4n) is 2.37. The Kier molecular flexibility index (Phi) is 6.79. The quantitative estimate of drug-likeness (QED) is 0.426. The van der Waals surface area contributed by atoms with E-state index in [0.717, 1.165) is 11.3 Å². The van der Waals surface area contributed by atoms with Crippen molar-refractivity contribution in [1.82, 2.24) is 25.1 Å². The van der Waals surface area contributed by atoms with E-state index in [2.05, 4.69) is 20.5 Å². The van der Waals surface area contributed by atoms with Crippen molar-refractivity contribution in [2.24, 2.45) is 0 Å². The van der Waals surface area contributed by atoms with E-state index in [1.165, 1.54) is 11.8 Å². The minimum absolute atomic E-state index is 0.0893. The Morgan fingerprint density at radius 1 is 1.25 bits per heavy atom. The van der Waals surface area contributed by atoms with Crippen LogP contribution in [0.2, 0.25) is 0 Å². The van der Waals surface area contributed by atoms with Gasteiger partial charge in [0.2, 0.25) is 5.91 Å². The molecule has 0 saturated heterocycles. The number of nitrogens with one attached hydrogen (secondary N) is 1. The van der Waals surface area contributed by atoms with Crippen LogP contribution in [0, 0.1) is 0 Å². The van der Waals surface area contributed by atoms with Gasteiger partial charge in [0.25, 0.3) is 0 Å². The largest absolute Gasteiger partial charge is 0.467 e. The van der Waals surface area contributed by atoms with Crippen LogP contribution in [0.4, 0.5) is 0 Å². The average Bonchev–Trinajstić information content (AvgIpc) is 3.36. The molecule has 0 saturated carbocycles. The van der Waals surface area contributed by atoms with E-state index < -0.39 is 5.97 Å². The molecule has 1 N–H and O–H groups in total. The molecular weight excluding hydrogens is 382 g/mol. The highest BCUT2D eigenvalue weighted by Gasteiger charge is 2.17. The Morgan fingerprint density at radius 2 is 2.07 bits per heavy atom. The van der Waals surface area contributed by atoms with Crippen molar-refractivity contribution >= 4 is 23.6 Å². The van der Waals surface area contributed by atoms with E-state index in [4.69, 9.17) is 9.15 Å². The first kappa shape index (κ1) is 19.6. The number of pyridine rings is 1. The van der Waals surface area contributed by atoms with Crippen LogP contribution in [0.15, 0.2) is 52.5 Å². The third kappa shape index (κ3) is 5.19. The lowest BCUT2D eigenvalue weighted by Gasteiger charge is -2.09. The first-order valence-corrected chi connectivity index (χ1v) is 9.57. The Hall–Kier alpha value is -3.14. The number of hydrogen-bond donors (Lipinski definition) is 1. The van der Waals surface area contributed by atoms with Gasteiger partial charge in [0.1, 0.15) is 12.3 Å². The van der Waals surface area contributed by atoms with Gasteiger partial charge in [-0.3, -0.25) is 19.1 Å². The summed E-state index contributed by atoms with van der Waals surface area (Å²) in [6, 6.07) is 7.34. The highest BCUT2D eigenvalue weighted by Crippen LogP contribution is 2.24. The number of carbonyl (C=O) groups excluding carboxylic acids is 2. The van der Waals surface area contributed by atoms with Crippen molar-refractivity contribution in [2.75, 3.05) is 18.9 Å². The molecule has 0 aliphatic carbocycles. The number of ether oxygens (including phenoxy) is 1. The maximum Gasteiger partial charge on any atom is 0.325 e. The maximum atomic E-state index is 12.0. The molecule has 146 valence electrons. The molecule has 1 amide bonds. The predicted octanol–water partition coefficient (Wildman–Crippen LogP) is 1.75. The Labute approximate surface area is 165 Å². The number of carbonyl (C=O) groups is 2. The SMILES string of the molecule is CCOC(=O)CNC(=O)CSc1nnc(-c2ccncc2)n1Cc1ccco1. The first-order chi connectivity index (χ1) is 13.7. The van der Waals surface area contributed by atoms with Crippen molar-refractivity contribution in [3.63, 3.8) is 0 Å². The predicted molar refractivity (Wildman–Crippen MR) is 101 cm³/mol. The molecule has 3 heterocycles. The minimum atomic E-state index is -0.471. The fraction of sp³-hybridized carbons (Fsp3) is 0.278. The van der Waals surface area contributed by atoms with Gasteiger partial charge in [-0.05, 0) is 31.2 Å². The minimum Gasteiger partial charge on any atom is -0.467 e. The van der Waals surface area contributed by atoms with Crippen LogP contribution >= 0.6 is 11.8 Å². The summed E-state index contributed by atoms with van der Waals surface area (Å²) in [5.41, 5.74) is 0.854. The van der Waals surface area contributed by atoms with Crippen molar-refractivity contribution < 1.29 is 18.7 Å². The summed E-state index contributed by atoms with van der Waals surface area (Å²) in [6.45, 7) is 2.25. The number of nitrogens with zero attached hydrogens (tertiary/aromatic N) is 4. The molecular formula is C18H19N5O4S. The zero-order chi connectivity index (χ0) is 19.8. The van der Waals surface area contributed by atoms with Crippen molar-refractivity contribution in [3.8, 4) is 11.4 Å². The molecule has 0 atom stereocenters. The molecule has 0 radical (unpaired) electrons. The molecule has 10 heteroatoms. The van der Waals surface area contributed by atoms with Crippen LogP contribution in [0.1, 0.15) is 12.7 Å². The van der Waals surface area contributed by atoms with Gasteiger partial charge in [-0.2, -0.15) is 0 Å². The molecule has 3 aromatic rings. The second-order valence-electron chi connectivity index (χ2n) is 5.58. The summed E-state index contributed by atoms with van der Waals surface area (Å²) in [5.74, 6) is 0.710. The smallest absolute Gasteiger partial charge is 0.325 e. The topological polar surface area (TPSA) is 112 Å². The molecule has 0 aliphatic heterocycles. The number of esters is 1. The summed E-state index contributed by atoms with van der Waals surface area (Å²) in [7, 11) is 0. The van der Waals surface area contributed by atoms with Gasteiger partial charge < -0.3 is 14.5 Å². The van der Waals surface area contributed by atoms with Crippen LogP contribution in [0.5, 0.6) is 0 Å². The lowest BCUT2D eigenvalue weighted by atomic mass is 10.2.